The van der Waals surface area contributed by atoms with Crippen molar-refractivity contribution in [3.8, 4) is 0 Å². The van der Waals surface area contributed by atoms with Gasteiger partial charge >= 0.3 is 0 Å². The molecular formula is C7H10O3. The van der Waals surface area contributed by atoms with E-state index in [1.54, 1.807) is 6.92 Å². The van der Waals surface area contributed by atoms with Gasteiger partial charge in [-0.1, -0.05) is 0 Å². The lowest BCUT2D eigenvalue weighted by Crippen LogP contribution is -2.39. The predicted octanol–water partition coefficient (Wildman–Crippen LogP) is 0.481. The molecule has 0 radical (unpaired) electrons. The summed E-state index contributed by atoms with van der Waals surface area (Å²) >= 11 is 0. The van der Waals surface area contributed by atoms with Gasteiger partial charge in [0.25, 0.3) is 0 Å². The van der Waals surface area contributed by atoms with Crippen LogP contribution < -0.4 is 0 Å². The maximum Gasteiger partial charge on any atom is 0.226 e. The summed E-state index contributed by atoms with van der Waals surface area (Å²) in [4.78, 5) is 11.1. The normalized spacial score (nSPS) is 46.1. The van der Waals surface area contributed by atoms with E-state index in [1.165, 1.54) is 0 Å². The molecule has 2 unspecified atom stereocenters. The fourth-order valence-corrected chi connectivity index (χ4v) is 1.48. The molecule has 0 aromatic carbocycles. The highest BCUT2D eigenvalue weighted by Crippen LogP contribution is 2.33. The first-order valence-electron chi connectivity index (χ1n) is 3.56. The summed E-state index contributed by atoms with van der Waals surface area (Å²) in [6, 6.07) is 0. The number of fused-ring (bicyclic) bond motifs is 2. The summed E-state index contributed by atoms with van der Waals surface area (Å²) < 4.78 is 10.5. The lowest BCUT2D eigenvalue weighted by molar-refractivity contribution is -0.239. The van der Waals surface area contributed by atoms with Crippen LogP contribution in [0.25, 0.3) is 0 Å². The maximum absolute atomic E-state index is 11.1. The Balaban J connectivity index is 2.26. The number of carbonyl (C=O) groups is 1. The van der Waals surface area contributed by atoms with E-state index in [4.69, 9.17) is 9.47 Å². The van der Waals surface area contributed by atoms with Crippen LogP contribution in [0.2, 0.25) is 0 Å². The van der Waals surface area contributed by atoms with Crippen LogP contribution in [0.15, 0.2) is 0 Å². The van der Waals surface area contributed by atoms with Crippen molar-refractivity contribution in [1.29, 1.82) is 0 Å². The van der Waals surface area contributed by atoms with Crippen molar-refractivity contribution in [3.05, 3.63) is 0 Å². The monoisotopic (exact) mass is 142 g/mol. The highest BCUT2D eigenvalue weighted by molar-refractivity contribution is 5.87. The molecule has 3 nitrogen and oxygen atoms in total. The number of Topliss-reactive ketones (excluding diaryl/α,β-unsaturated/α-hetero) is 1. The van der Waals surface area contributed by atoms with Crippen LogP contribution in [0.3, 0.4) is 0 Å². The summed E-state index contributed by atoms with van der Waals surface area (Å²) in [5, 5.41) is 0. The molecule has 2 heterocycles. The van der Waals surface area contributed by atoms with Crippen LogP contribution in [-0.2, 0) is 14.3 Å². The third-order valence-electron chi connectivity index (χ3n) is 2.13. The van der Waals surface area contributed by atoms with Gasteiger partial charge in [0.05, 0.1) is 12.7 Å². The number of hydrogen-bond donors (Lipinski definition) is 0. The molecular weight excluding hydrogens is 132 g/mol. The molecule has 0 aromatic heterocycles. The minimum atomic E-state index is -0.886. The second-order valence-electron chi connectivity index (χ2n) is 2.95. The van der Waals surface area contributed by atoms with Gasteiger partial charge in [0.2, 0.25) is 5.79 Å². The average Bonchev–Trinajstić information content (AvgIpc) is 2.04. The van der Waals surface area contributed by atoms with Crippen LogP contribution in [0.5, 0.6) is 0 Å². The van der Waals surface area contributed by atoms with E-state index in [1.807, 2.05) is 0 Å². The van der Waals surface area contributed by atoms with Crippen molar-refractivity contribution in [1.82, 2.24) is 0 Å². The van der Waals surface area contributed by atoms with Gasteiger partial charge in [0, 0.05) is 6.42 Å². The number of hydrogen-bond acceptors (Lipinski definition) is 3. The van der Waals surface area contributed by atoms with Gasteiger partial charge in [-0.3, -0.25) is 4.79 Å². The molecule has 2 atom stereocenters. The fourth-order valence-electron chi connectivity index (χ4n) is 1.48. The van der Waals surface area contributed by atoms with Gasteiger partial charge in [-0.15, -0.1) is 0 Å². The zero-order valence-corrected chi connectivity index (χ0v) is 5.92. The standard InChI is InChI=1S/C7H10O3/c1-7-6(8)4-5(10-7)2-3-9-7/h5H,2-4H2,1H3. The van der Waals surface area contributed by atoms with E-state index < -0.39 is 5.79 Å². The molecule has 2 aliphatic heterocycles. The topological polar surface area (TPSA) is 35.5 Å². The van der Waals surface area contributed by atoms with Crippen molar-refractivity contribution >= 4 is 5.78 Å². The zero-order chi connectivity index (χ0) is 7.19. The quantitative estimate of drug-likeness (QED) is 0.493. The SMILES string of the molecule is CC12OCCC(CC1=O)O2. The predicted molar refractivity (Wildman–Crippen MR) is 33.5 cm³/mol. The van der Waals surface area contributed by atoms with Crippen LogP contribution in [-0.4, -0.2) is 24.3 Å². The van der Waals surface area contributed by atoms with Gasteiger partial charge in [-0.05, 0) is 13.3 Å². The second-order valence-corrected chi connectivity index (χ2v) is 2.95. The molecule has 0 saturated carbocycles. The van der Waals surface area contributed by atoms with E-state index in [2.05, 4.69) is 0 Å². The third kappa shape index (κ3) is 0.707. The van der Waals surface area contributed by atoms with Gasteiger partial charge in [0.15, 0.2) is 5.78 Å². The van der Waals surface area contributed by atoms with Crippen molar-refractivity contribution in [2.24, 2.45) is 0 Å². The average molecular weight is 142 g/mol. The Kier molecular flexibility index (Phi) is 1.13. The van der Waals surface area contributed by atoms with Crippen molar-refractivity contribution in [2.45, 2.75) is 31.7 Å². The van der Waals surface area contributed by atoms with Gasteiger partial charge in [-0.25, -0.2) is 0 Å². The Hall–Kier alpha value is -0.410. The maximum atomic E-state index is 11.1. The number of carbonyl (C=O) groups excluding carboxylic acids is 1. The van der Waals surface area contributed by atoms with Crippen LogP contribution in [0, 0.1) is 0 Å². The highest BCUT2D eigenvalue weighted by Gasteiger charge is 2.48. The Labute approximate surface area is 59.3 Å². The van der Waals surface area contributed by atoms with Crippen molar-refractivity contribution < 1.29 is 14.3 Å². The molecule has 2 rings (SSSR count). The molecule has 2 saturated heterocycles. The van der Waals surface area contributed by atoms with Crippen LogP contribution >= 0.6 is 0 Å². The fraction of sp³-hybridized carbons (Fsp3) is 0.857. The van der Waals surface area contributed by atoms with E-state index in [9.17, 15) is 4.79 Å². The third-order valence-corrected chi connectivity index (χ3v) is 2.13. The van der Waals surface area contributed by atoms with Crippen LogP contribution in [0.1, 0.15) is 19.8 Å². The number of ketones is 1. The Bertz CT molecular complexity index is 178. The van der Waals surface area contributed by atoms with Gasteiger partial charge in [0.1, 0.15) is 0 Å². The zero-order valence-electron chi connectivity index (χ0n) is 5.92. The van der Waals surface area contributed by atoms with E-state index in [0.29, 0.717) is 13.0 Å². The molecule has 3 heteroatoms. The molecule has 10 heavy (non-hydrogen) atoms. The van der Waals surface area contributed by atoms with Crippen LogP contribution in [0.4, 0.5) is 0 Å². The summed E-state index contributed by atoms with van der Waals surface area (Å²) in [6.07, 6.45) is 1.53. The Morgan fingerprint density at radius 1 is 1.70 bits per heavy atom. The molecule has 2 bridgehead atoms. The molecule has 0 aliphatic carbocycles. The highest BCUT2D eigenvalue weighted by atomic mass is 16.7. The minimum Gasteiger partial charge on any atom is -0.344 e. The lowest BCUT2D eigenvalue weighted by atomic mass is 10.1. The molecule has 56 valence electrons. The first kappa shape index (κ1) is 6.31. The largest absolute Gasteiger partial charge is 0.344 e. The molecule has 2 fully saturated rings. The number of ether oxygens (including phenoxy) is 2. The molecule has 0 amide bonds. The molecule has 0 N–H and O–H groups in total. The van der Waals surface area contributed by atoms with Gasteiger partial charge < -0.3 is 9.47 Å². The minimum absolute atomic E-state index is 0.0926. The summed E-state index contributed by atoms with van der Waals surface area (Å²) in [7, 11) is 0. The lowest BCUT2D eigenvalue weighted by Gasteiger charge is -2.27. The summed E-state index contributed by atoms with van der Waals surface area (Å²) in [5.74, 6) is -0.793. The number of rotatable bonds is 0. The summed E-state index contributed by atoms with van der Waals surface area (Å²) in [6.45, 7) is 2.36. The molecule has 0 aromatic rings. The smallest absolute Gasteiger partial charge is 0.226 e. The first-order chi connectivity index (χ1) is 4.71. The van der Waals surface area contributed by atoms with E-state index >= 15 is 0 Å². The van der Waals surface area contributed by atoms with E-state index in [0.717, 1.165) is 6.42 Å². The molecule has 0 spiro atoms. The second kappa shape index (κ2) is 1.80. The Morgan fingerprint density at radius 2 is 2.50 bits per heavy atom. The van der Waals surface area contributed by atoms with Crippen molar-refractivity contribution in [2.75, 3.05) is 6.61 Å². The summed E-state index contributed by atoms with van der Waals surface area (Å²) in [5.41, 5.74) is 0. The van der Waals surface area contributed by atoms with Crippen molar-refractivity contribution in [3.63, 3.8) is 0 Å². The first-order valence-corrected chi connectivity index (χ1v) is 3.56. The van der Waals surface area contributed by atoms with Gasteiger partial charge in [-0.2, -0.15) is 0 Å². The molecule has 2 aliphatic rings. The Morgan fingerprint density at radius 3 is 3.10 bits per heavy atom. The van der Waals surface area contributed by atoms with E-state index in [-0.39, 0.29) is 11.9 Å².